The standard InChI is InChI=1S/C19H28Cl2OS/c1-2-3-4-5-6-7-8-9-10-11-14-23-19(22)16-12-13-17(20)18(21)15-16/h12-13,15H,2-11,14H2,1H3. The molecule has 0 unspecified atom stereocenters. The third-order valence-corrected chi connectivity index (χ3v) is 5.62. The van der Waals surface area contributed by atoms with Crippen LogP contribution >= 0.6 is 35.0 Å². The number of halogens is 2. The van der Waals surface area contributed by atoms with E-state index in [0.29, 0.717) is 15.6 Å². The minimum absolute atomic E-state index is 0.0829. The lowest BCUT2D eigenvalue weighted by molar-refractivity contribution is 0.108. The highest BCUT2D eigenvalue weighted by Crippen LogP contribution is 2.25. The fraction of sp³-hybridized carbons (Fsp3) is 0.632. The Kier molecular flexibility index (Phi) is 11.9. The van der Waals surface area contributed by atoms with Crippen molar-refractivity contribution < 1.29 is 4.79 Å². The molecule has 1 nitrogen and oxygen atoms in total. The lowest BCUT2D eigenvalue weighted by Crippen LogP contribution is -1.95. The summed E-state index contributed by atoms with van der Waals surface area (Å²) in [6, 6.07) is 5.07. The summed E-state index contributed by atoms with van der Waals surface area (Å²) in [4.78, 5) is 12.0. The number of rotatable bonds is 12. The molecule has 0 aromatic heterocycles. The smallest absolute Gasteiger partial charge is 0.219 e. The second-order valence-electron chi connectivity index (χ2n) is 5.95. The van der Waals surface area contributed by atoms with Crippen LogP contribution in [-0.2, 0) is 0 Å². The Labute approximate surface area is 155 Å². The van der Waals surface area contributed by atoms with Gasteiger partial charge in [0.05, 0.1) is 10.0 Å². The molecule has 0 atom stereocenters. The third-order valence-electron chi connectivity index (χ3n) is 3.89. The van der Waals surface area contributed by atoms with Crippen LogP contribution in [0.15, 0.2) is 18.2 Å². The molecule has 0 aliphatic rings. The molecule has 0 radical (unpaired) electrons. The molecule has 0 aliphatic carbocycles. The Bertz CT molecular complexity index is 463. The average molecular weight is 375 g/mol. The zero-order chi connectivity index (χ0) is 16.9. The highest BCUT2D eigenvalue weighted by Gasteiger charge is 2.08. The molecule has 0 N–H and O–H groups in total. The number of unbranched alkanes of at least 4 members (excludes halogenated alkanes) is 9. The second kappa shape index (κ2) is 13.1. The Balaban J connectivity index is 2.00. The fourth-order valence-corrected chi connectivity index (χ4v) is 3.59. The fourth-order valence-electron chi connectivity index (χ4n) is 2.46. The summed E-state index contributed by atoms with van der Waals surface area (Å²) in [5, 5.41) is 1.01. The van der Waals surface area contributed by atoms with Crippen molar-refractivity contribution in [2.45, 2.75) is 71.1 Å². The van der Waals surface area contributed by atoms with Gasteiger partial charge in [0.2, 0.25) is 5.12 Å². The Morgan fingerprint density at radius 1 is 0.870 bits per heavy atom. The van der Waals surface area contributed by atoms with Crippen molar-refractivity contribution in [3.05, 3.63) is 33.8 Å². The van der Waals surface area contributed by atoms with Crippen molar-refractivity contribution in [3.63, 3.8) is 0 Å². The van der Waals surface area contributed by atoms with E-state index in [2.05, 4.69) is 6.92 Å². The van der Waals surface area contributed by atoms with Crippen molar-refractivity contribution in [1.82, 2.24) is 0 Å². The molecule has 0 aliphatic heterocycles. The van der Waals surface area contributed by atoms with Crippen molar-refractivity contribution in [2.75, 3.05) is 5.75 Å². The minimum Gasteiger partial charge on any atom is -0.282 e. The van der Waals surface area contributed by atoms with E-state index in [9.17, 15) is 4.79 Å². The number of carbonyl (C=O) groups is 1. The van der Waals surface area contributed by atoms with Crippen LogP contribution in [0.25, 0.3) is 0 Å². The van der Waals surface area contributed by atoms with Gasteiger partial charge in [-0.2, -0.15) is 0 Å². The maximum Gasteiger partial charge on any atom is 0.219 e. The number of thioether (sulfide) groups is 1. The van der Waals surface area contributed by atoms with E-state index < -0.39 is 0 Å². The monoisotopic (exact) mass is 374 g/mol. The van der Waals surface area contributed by atoms with Crippen LogP contribution in [0.1, 0.15) is 81.5 Å². The van der Waals surface area contributed by atoms with Crippen LogP contribution in [0.4, 0.5) is 0 Å². The van der Waals surface area contributed by atoms with Gasteiger partial charge in [0.15, 0.2) is 0 Å². The first-order chi connectivity index (χ1) is 11.1. The molecule has 1 rings (SSSR count). The van der Waals surface area contributed by atoms with E-state index in [1.807, 2.05) is 0 Å². The van der Waals surface area contributed by atoms with Crippen LogP contribution in [0.2, 0.25) is 10.0 Å². The highest BCUT2D eigenvalue weighted by atomic mass is 35.5. The van der Waals surface area contributed by atoms with Crippen molar-refractivity contribution in [1.29, 1.82) is 0 Å². The number of hydrogen-bond acceptors (Lipinski definition) is 2. The zero-order valence-corrected chi connectivity index (χ0v) is 16.4. The van der Waals surface area contributed by atoms with E-state index in [1.54, 1.807) is 18.2 Å². The number of benzene rings is 1. The summed E-state index contributed by atoms with van der Waals surface area (Å²) in [6.45, 7) is 2.25. The van der Waals surface area contributed by atoms with Crippen LogP contribution in [0, 0.1) is 0 Å². The van der Waals surface area contributed by atoms with Gasteiger partial charge in [0, 0.05) is 11.3 Å². The normalized spacial score (nSPS) is 10.9. The van der Waals surface area contributed by atoms with Crippen molar-refractivity contribution in [3.8, 4) is 0 Å². The van der Waals surface area contributed by atoms with Gasteiger partial charge in [0.1, 0.15) is 0 Å². The van der Waals surface area contributed by atoms with E-state index in [-0.39, 0.29) is 5.12 Å². The first-order valence-electron chi connectivity index (χ1n) is 8.77. The lowest BCUT2D eigenvalue weighted by atomic mass is 10.1. The minimum atomic E-state index is 0.0829. The highest BCUT2D eigenvalue weighted by molar-refractivity contribution is 8.14. The van der Waals surface area contributed by atoms with E-state index in [0.717, 1.165) is 12.2 Å². The Morgan fingerprint density at radius 2 is 1.43 bits per heavy atom. The van der Waals surface area contributed by atoms with Gasteiger partial charge in [-0.15, -0.1) is 0 Å². The first kappa shape index (κ1) is 20.9. The molecular weight excluding hydrogens is 347 g/mol. The second-order valence-corrected chi connectivity index (χ2v) is 7.83. The molecule has 130 valence electrons. The van der Waals surface area contributed by atoms with Gasteiger partial charge < -0.3 is 0 Å². The van der Waals surface area contributed by atoms with Gasteiger partial charge in [0.25, 0.3) is 0 Å². The molecule has 0 saturated carbocycles. The Hall–Kier alpha value is -0.180. The quantitative estimate of drug-likeness (QED) is 0.347. The van der Waals surface area contributed by atoms with Gasteiger partial charge in [-0.05, 0) is 24.6 Å². The van der Waals surface area contributed by atoms with Crippen LogP contribution in [0.3, 0.4) is 0 Å². The largest absolute Gasteiger partial charge is 0.282 e. The third kappa shape index (κ3) is 9.64. The molecule has 1 aromatic carbocycles. The summed E-state index contributed by atoms with van der Waals surface area (Å²) in [5.41, 5.74) is 0.636. The molecule has 0 spiro atoms. The number of hydrogen-bond donors (Lipinski definition) is 0. The van der Waals surface area contributed by atoms with Gasteiger partial charge in [-0.3, -0.25) is 4.79 Å². The SMILES string of the molecule is CCCCCCCCCCCCSC(=O)c1ccc(Cl)c(Cl)c1. The molecular formula is C19H28Cl2OS. The molecule has 0 heterocycles. The van der Waals surface area contributed by atoms with E-state index >= 15 is 0 Å². The summed E-state index contributed by atoms with van der Waals surface area (Å²) in [7, 11) is 0. The topological polar surface area (TPSA) is 17.1 Å². The predicted molar refractivity (Wildman–Crippen MR) is 105 cm³/mol. The van der Waals surface area contributed by atoms with Crippen molar-refractivity contribution >= 4 is 40.1 Å². The number of carbonyl (C=O) groups excluding carboxylic acids is 1. The first-order valence-corrected chi connectivity index (χ1v) is 10.5. The molecule has 0 bridgehead atoms. The summed E-state index contributed by atoms with van der Waals surface area (Å²) in [5.74, 6) is 0.885. The molecule has 0 amide bonds. The Morgan fingerprint density at radius 3 is 2.00 bits per heavy atom. The van der Waals surface area contributed by atoms with E-state index in [4.69, 9.17) is 23.2 Å². The lowest BCUT2D eigenvalue weighted by Gasteiger charge is -2.04. The predicted octanol–water partition coefficient (Wildman–Crippen LogP) is 7.79. The summed E-state index contributed by atoms with van der Waals surface area (Å²) < 4.78 is 0. The molecule has 23 heavy (non-hydrogen) atoms. The van der Waals surface area contributed by atoms with Gasteiger partial charge >= 0.3 is 0 Å². The van der Waals surface area contributed by atoms with Gasteiger partial charge in [-0.1, -0.05) is 99.7 Å². The van der Waals surface area contributed by atoms with Crippen LogP contribution in [0.5, 0.6) is 0 Å². The van der Waals surface area contributed by atoms with Gasteiger partial charge in [-0.25, -0.2) is 0 Å². The molecule has 0 fully saturated rings. The maximum atomic E-state index is 12.0. The van der Waals surface area contributed by atoms with Crippen LogP contribution < -0.4 is 0 Å². The molecule has 0 saturated heterocycles. The summed E-state index contributed by atoms with van der Waals surface area (Å²) in [6.07, 6.45) is 13.2. The zero-order valence-electron chi connectivity index (χ0n) is 14.1. The summed E-state index contributed by atoms with van der Waals surface area (Å²) >= 11 is 13.2. The maximum absolute atomic E-state index is 12.0. The average Bonchev–Trinajstić information content (AvgIpc) is 2.55. The molecule has 4 heteroatoms. The van der Waals surface area contributed by atoms with Crippen molar-refractivity contribution in [2.24, 2.45) is 0 Å². The van der Waals surface area contributed by atoms with E-state index in [1.165, 1.54) is 69.5 Å². The van der Waals surface area contributed by atoms with Crippen LogP contribution in [-0.4, -0.2) is 10.9 Å². The molecule has 1 aromatic rings.